The van der Waals surface area contributed by atoms with Crippen molar-refractivity contribution >= 4 is 10.0 Å². The summed E-state index contributed by atoms with van der Waals surface area (Å²) in [6.07, 6.45) is 0.445. The van der Waals surface area contributed by atoms with Crippen LogP contribution in [-0.4, -0.2) is 50.3 Å². The van der Waals surface area contributed by atoms with Gasteiger partial charge in [0.1, 0.15) is 0 Å². The normalized spacial score (nSPS) is 27.6. The zero-order chi connectivity index (χ0) is 13.1. The van der Waals surface area contributed by atoms with Gasteiger partial charge in [-0.2, -0.15) is 4.31 Å². The van der Waals surface area contributed by atoms with Gasteiger partial charge in [0.15, 0.2) is 0 Å². The number of hydrogen-bond acceptors (Lipinski definition) is 4. The monoisotopic (exact) mass is 264 g/mol. The van der Waals surface area contributed by atoms with Gasteiger partial charge in [-0.1, -0.05) is 13.8 Å². The highest BCUT2D eigenvalue weighted by atomic mass is 32.2. The third-order valence-electron chi connectivity index (χ3n) is 2.90. The molecule has 1 aliphatic heterocycles. The third-order valence-corrected chi connectivity index (χ3v) is 4.74. The molecule has 0 aromatic carbocycles. The zero-order valence-electron chi connectivity index (χ0n) is 10.9. The average Bonchev–Trinajstić information content (AvgIpc) is 2.25. The number of hydrogen-bond donors (Lipinski definition) is 1. The smallest absolute Gasteiger partial charge is 0.214 e. The van der Waals surface area contributed by atoms with E-state index in [1.54, 1.807) is 0 Å². The van der Waals surface area contributed by atoms with Crippen LogP contribution < -0.4 is 5.73 Å². The number of nitrogens with zero attached hydrogens (tertiary/aromatic N) is 1. The number of ether oxygens (including phenoxy) is 1. The molecule has 0 saturated carbocycles. The van der Waals surface area contributed by atoms with E-state index < -0.39 is 10.0 Å². The highest BCUT2D eigenvalue weighted by molar-refractivity contribution is 7.89. The lowest BCUT2D eigenvalue weighted by Gasteiger charge is -2.35. The molecule has 2 N–H and O–H groups in total. The van der Waals surface area contributed by atoms with E-state index in [4.69, 9.17) is 10.5 Å². The molecular weight excluding hydrogens is 240 g/mol. The van der Waals surface area contributed by atoms with E-state index in [-0.39, 0.29) is 18.0 Å². The molecule has 0 aromatic rings. The summed E-state index contributed by atoms with van der Waals surface area (Å²) in [5.41, 5.74) is 5.55. The van der Waals surface area contributed by atoms with Gasteiger partial charge >= 0.3 is 0 Å². The second-order valence-electron chi connectivity index (χ2n) is 5.12. The number of nitrogens with two attached hydrogens (primary N) is 1. The lowest BCUT2D eigenvalue weighted by Crippen LogP contribution is -2.51. The van der Waals surface area contributed by atoms with Crippen LogP contribution in [0.2, 0.25) is 0 Å². The Morgan fingerprint density at radius 3 is 2.59 bits per heavy atom. The Balaban J connectivity index is 2.63. The van der Waals surface area contributed by atoms with Gasteiger partial charge in [-0.3, -0.25) is 0 Å². The minimum absolute atomic E-state index is 0.0777. The van der Waals surface area contributed by atoms with Crippen LogP contribution >= 0.6 is 0 Å². The molecule has 102 valence electrons. The minimum Gasteiger partial charge on any atom is -0.371 e. The van der Waals surface area contributed by atoms with Gasteiger partial charge < -0.3 is 10.5 Å². The number of rotatable bonds is 5. The van der Waals surface area contributed by atoms with Gasteiger partial charge in [0.05, 0.1) is 18.0 Å². The van der Waals surface area contributed by atoms with Crippen LogP contribution in [0.5, 0.6) is 0 Å². The summed E-state index contributed by atoms with van der Waals surface area (Å²) in [7, 11) is -3.16. The van der Waals surface area contributed by atoms with E-state index >= 15 is 0 Å². The van der Waals surface area contributed by atoms with Crippen molar-refractivity contribution in [2.45, 2.75) is 39.4 Å². The van der Waals surface area contributed by atoms with E-state index in [1.807, 2.05) is 20.8 Å². The molecular formula is C11H24N2O3S. The van der Waals surface area contributed by atoms with E-state index in [2.05, 4.69) is 0 Å². The van der Waals surface area contributed by atoms with Crippen molar-refractivity contribution in [3.8, 4) is 0 Å². The summed E-state index contributed by atoms with van der Waals surface area (Å²) < 4.78 is 31.3. The molecule has 1 heterocycles. The maximum Gasteiger partial charge on any atom is 0.214 e. The minimum atomic E-state index is -3.16. The largest absolute Gasteiger partial charge is 0.371 e. The molecule has 5 nitrogen and oxygen atoms in total. The Kier molecular flexibility index (Phi) is 5.37. The molecule has 17 heavy (non-hydrogen) atoms. The molecule has 0 aliphatic carbocycles. The van der Waals surface area contributed by atoms with Crippen LogP contribution in [0.3, 0.4) is 0 Å². The summed E-state index contributed by atoms with van der Waals surface area (Å²) >= 11 is 0. The molecule has 1 saturated heterocycles. The first kappa shape index (κ1) is 14.9. The molecule has 0 radical (unpaired) electrons. The van der Waals surface area contributed by atoms with Gasteiger partial charge in [-0.05, 0) is 19.3 Å². The van der Waals surface area contributed by atoms with Gasteiger partial charge in [-0.25, -0.2) is 8.42 Å². The fourth-order valence-electron chi connectivity index (χ4n) is 1.87. The molecule has 1 rings (SSSR count). The van der Waals surface area contributed by atoms with Crippen LogP contribution in [0.25, 0.3) is 0 Å². The molecule has 0 bridgehead atoms. The highest BCUT2D eigenvalue weighted by Gasteiger charge is 2.31. The van der Waals surface area contributed by atoms with Crippen molar-refractivity contribution in [3.05, 3.63) is 0 Å². The molecule has 0 spiro atoms. The Labute approximate surface area is 104 Å². The molecule has 0 amide bonds. The predicted octanol–water partition coefficient (Wildman–Crippen LogP) is 0.410. The standard InChI is InChI=1S/C11H24N2O3S/c1-9(2)4-5-17(14,15)13-7-10(3)16-11(6-12)8-13/h9-11H,4-8,12H2,1-3H3. The topological polar surface area (TPSA) is 72.6 Å². The molecule has 1 aliphatic rings. The number of sulfonamides is 1. The van der Waals surface area contributed by atoms with Crippen LogP contribution in [0.15, 0.2) is 0 Å². The summed E-state index contributed by atoms with van der Waals surface area (Å²) in [6.45, 7) is 7.13. The molecule has 6 heteroatoms. The molecule has 2 unspecified atom stereocenters. The quantitative estimate of drug-likeness (QED) is 0.780. The number of morpholine rings is 1. The van der Waals surface area contributed by atoms with Crippen molar-refractivity contribution in [2.24, 2.45) is 11.7 Å². The van der Waals surface area contributed by atoms with Crippen LogP contribution in [0, 0.1) is 5.92 Å². The Morgan fingerprint density at radius 2 is 2.06 bits per heavy atom. The Bertz CT molecular complexity index is 330. The predicted molar refractivity (Wildman–Crippen MR) is 68.2 cm³/mol. The zero-order valence-corrected chi connectivity index (χ0v) is 11.7. The van der Waals surface area contributed by atoms with Gasteiger partial charge in [0, 0.05) is 19.6 Å². The first-order valence-corrected chi connectivity index (χ1v) is 7.79. The third kappa shape index (κ3) is 4.54. The SMILES string of the molecule is CC(C)CCS(=O)(=O)N1CC(C)OC(CN)C1. The van der Waals surface area contributed by atoms with Crippen LogP contribution in [-0.2, 0) is 14.8 Å². The van der Waals surface area contributed by atoms with Crippen LogP contribution in [0.4, 0.5) is 0 Å². The van der Waals surface area contributed by atoms with Gasteiger partial charge in [0.2, 0.25) is 10.0 Å². The van der Waals surface area contributed by atoms with Crippen molar-refractivity contribution in [3.63, 3.8) is 0 Å². The van der Waals surface area contributed by atoms with Crippen LogP contribution in [0.1, 0.15) is 27.2 Å². The molecule has 1 fully saturated rings. The maximum atomic E-state index is 12.1. The van der Waals surface area contributed by atoms with E-state index in [1.165, 1.54) is 4.31 Å². The van der Waals surface area contributed by atoms with E-state index in [0.717, 1.165) is 0 Å². The molecule has 2 atom stereocenters. The van der Waals surface area contributed by atoms with Crippen molar-refractivity contribution in [1.29, 1.82) is 0 Å². The Hall–Kier alpha value is -0.170. The van der Waals surface area contributed by atoms with Gasteiger partial charge in [-0.15, -0.1) is 0 Å². The first-order chi connectivity index (χ1) is 7.85. The first-order valence-electron chi connectivity index (χ1n) is 6.18. The highest BCUT2D eigenvalue weighted by Crippen LogP contribution is 2.16. The fraction of sp³-hybridized carbons (Fsp3) is 1.00. The lowest BCUT2D eigenvalue weighted by atomic mass is 10.2. The summed E-state index contributed by atoms with van der Waals surface area (Å²) in [5.74, 6) is 0.614. The van der Waals surface area contributed by atoms with Gasteiger partial charge in [0.25, 0.3) is 0 Å². The van der Waals surface area contributed by atoms with E-state index in [0.29, 0.717) is 32.0 Å². The van der Waals surface area contributed by atoms with Crippen molar-refractivity contribution in [1.82, 2.24) is 4.31 Å². The molecule has 0 aromatic heterocycles. The summed E-state index contributed by atoms with van der Waals surface area (Å²) in [4.78, 5) is 0. The maximum absolute atomic E-state index is 12.1. The van der Waals surface area contributed by atoms with Crippen molar-refractivity contribution < 1.29 is 13.2 Å². The lowest BCUT2D eigenvalue weighted by molar-refractivity contribution is -0.0486. The Morgan fingerprint density at radius 1 is 1.41 bits per heavy atom. The second-order valence-corrected chi connectivity index (χ2v) is 7.21. The average molecular weight is 264 g/mol. The second kappa shape index (κ2) is 6.13. The van der Waals surface area contributed by atoms with E-state index in [9.17, 15) is 8.42 Å². The summed E-state index contributed by atoms with van der Waals surface area (Å²) in [6, 6.07) is 0. The van der Waals surface area contributed by atoms with Crippen molar-refractivity contribution in [2.75, 3.05) is 25.4 Å². The fourth-order valence-corrected chi connectivity index (χ4v) is 3.73. The summed E-state index contributed by atoms with van der Waals surface area (Å²) in [5, 5.41) is 0.